The first-order valence-electron chi connectivity index (χ1n) is 1.82. The van der Waals surface area contributed by atoms with Crippen molar-refractivity contribution in [3.05, 3.63) is 0 Å². The molecule has 0 aliphatic rings. The lowest BCUT2D eigenvalue weighted by Crippen LogP contribution is -2.10. The van der Waals surface area contributed by atoms with Crippen LogP contribution in [0, 0.1) is 0 Å². The minimum atomic E-state index is -0.262. The predicted octanol–water partition coefficient (Wildman–Crippen LogP) is 0.440. The zero-order valence-corrected chi connectivity index (χ0v) is 5.47. The molecule has 2 N–H and O–H groups in total. The van der Waals surface area contributed by atoms with Gasteiger partial charge in [0.1, 0.15) is 0 Å². The van der Waals surface area contributed by atoms with Crippen LogP contribution in [0.1, 0.15) is 6.42 Å². The van der Waals surface area contributed by atoms with Crippen LogP contribution in [0.5, 0.6) is 0 Å². The van der Waals surface area contributed by atoms with Crippen molar-refractivity contribution in [2.24, 2.45) is 5.73 Å². The van der Waals surface area contributed by atoms with E-state index in [2.05, 4.69) is 11.7 Å². The van der Waals surface area contributed by atoms with Crippen LogP contribution in [-0.4, -0.2) is 11.7 Å². The van der Waals surface area contributed by atoms with Crippen LogP contribution in [0.4, 0.5) is 0 Å². The first-order chi connectivity index (χ1) is 3.27. The Labute approximate surface area is 51.6 Å². The summed E-state index contributed by atoms with van der Waals surface area (Å²) in [6.07, 6.45) is 0.425. The zero-order valence-electron chi connectivity index (χ0n) is 3.76. The normalized spacial score (nSPS) is 8.71. The molecule has 0 aliphatic heterocycles. The number of thiol groups is 1. The highest BCUT2D eigenvalue weighted by molar-refractivity contribution is 8.68. The molecule has 0 saturated carbocycles. The molecule has 0 saturated heterocycles. The largest absolute Gasteiger partial charge is 0.370 e. The van der Waals surface area contributed by atoms with Gasteiger partial charge in [-0.3, -0.25) is 4.79 Å². The molecule has 0 atom stereocenters. The maximum absolute atomic E-state index is 9.93. The van der Waals surface area contributed by atoms with Gasteiger partial charge in [-0.1, -0.05) is 10.8 Å². The quantitative estimate of drug-likeness (QED) is 0.438. The Morgan fingerprint density at radius 2 is 2.43 bits per heavy atom. The standard InChI is InChI=1S/C3H7NOS2/c4-3(5)1-2-7-6/h6H,1-2H2,(H2,4,5). The van der Waals surface area contributed by atoms with E-state index >= 15 is 0 Å². The Kier molecular flexibility index (Phi) is 4.44. The molecule has 0 aromatic heterocycles. The van der Waals surface area contributed by atoms with Crippen LogP contribution in [0.15, 0.2) is 0 Å². The molecule has 42 valence electrons. The summed E-state index contributed by atoms with van der Waals surface area (Å²) in [5, 5.41) is 0. The SMILES string of the molecule is NC(=O)CCSS. The number of nitrogens with two attached hydrogens (primary N) is 1. The van der Waals surface area contributed by atoms with Crippen molar-refractivity contribution in [3.63, 3.8) is 0 Å². The predicted molar refractivity (Wildman–Crippen MR) is 35.3 cm³/mol. The van der Waals surface area contributed by atoms with Crippen LogP contribution < -0.4 is 5.73 Å². The van der Waals surface area contributed by atoms with Gasteiger partial charge in [-0.25, -0.2) is 0 Å². The number of carbonyl (C=O) groups excluding carboxylic acids is 1. The first-order valence-corrected chi connectivity index (χ1v) is 3.86. The van der Waals surface area contributed by atoms with E-state index in [1.807, 2.05) is 0 Å². The smallest absolute Gasteiger partial charge is 0.218 e. The Morgan fingerprint density at radius 1 is 1.86 bits per heavy atom. The Morgan fingerprint density at radius 3 is 2.57 bits per heavy atom. The van der Waals surface area contributed by atoms with Crippen LogP contribution in [0.3, 0.4) is 0 Å². The number of hydrogen-bond donors (Lipinski definition) is 2. The average molecular weight is 137 g/mol. The molecule has 1 amide bonds. The molecule has 0 aliphatic carbocycles. The lowest BCUT2D eigenvalue weighted by atomic mass is 10.5. The van der Waals surface area contributed by atoms with E-state index in [0.29, 0.717) is 12.2 Å². The summed E-state index contributed by atoms with van der Waals surface area (Å²) < 4.78 is 0. The molecule has 0 aromatic rings. The minimum absolute atomic E-state index is 0.262. The molecular weight excluding hydrogens is 130 g/mol. The third-order valence-electron chi connectivity index (χ3n) is 0.440. The van der Waals surface area contributed by atoms with Crippen molar-refractivity contribution in [1.82, 2.24) is 0 Å². The molecule has 0 aromatic carbocycles. The van der Waals surface area contributed by atoms with Gasteiger partial charge < -0.3 is 5.73 Å². The third kappa shape index (κ3) is 6.17. The van der Waals surface area contributed by atoms with E-state index in [0.717, 1.165) is 0 Å². The van der Waals surface area contributed by atoms with E-state index < -0.39 is 0 Å². The van der Waals surface area contributed by atoms with Crippen LogP contribution in [0.2, 0.25) is 0 Å². The molecule has 0 spiro atoms. The van der Waals surface area contributed by atoms with Gasteiger partial charge in [-0.15, -0.1) is 11.7 Å². The minimum Gasteiger partial charge on any atom is -0.370 e. The number of primary amides is 1. The molecule has 0 bridgehead atoms. The Hall–Kier alpha value is 0.170. The van der Waals surface area contributed by atoms with Crippen molar-refractivity contribution >= 4 is 28.4 Å². The summed E-state index contributed by atoms with van der Waals surface area (Å²) in [6.45, 7) is 0. The van der Waals surface area contributed by atoms with Gasteiger partial charge in [0.25, 0.3) is 0 Å². The maximum Gasteiger partial charge on any atom is 0.218 e. The number of carbonyl (C=O) groups is 1. The molecule has 0 heterocycles. The van der Waals surface area contributed by atoms with Crippen LogP contribution in [0.25, 0.3) is 0 Å². The number of rotatable bonds is 3. The van der Waals surface area contributed by atoms with Crippen molar-refractivity contribution in [3.8, 4) is 0 Å². The van der Waals surface area contributed by atoms with E-state index in [1.165, 1.54) is 10.8 Å². The maximum atomic E-state index is 9.93. The molecule has 0 unspecified atom stereocenters. The van der Waals surface area contributed by atoms with E-state index in [1.54, 1.807) is 0 Å². The molecular formula is C3H7NOS2. The van der Waals surface area contributed by atoms with Gasteiger partial charge in [0, 0.05) is 12.2 Å². The van der Waals surface area contributed by atoms with Crippen LogP contribution >= 0.6 is 22.5 Å². The summed E-state index contributed by atoms with van der Waals surface area (Å²) >= 11 is 3.80. The molecule has 2 nitrogen and oxygen atoms in total. The topological polar surface area (TPSA) is 43.1 Å². The van der Waals surface area contributed by atoms with Crippen molar-refractivity contribution in [2.45, 2.75) is 6.42 Å². The average Bonchev–Trinajstić information content (AvgIpc) is 1.61. The Bertz CT molecular complexity index is 66.0. The summed E-state index contributed by atoms with van der Waals surface area (Å²) in [6, 6.07) is 0. The van der Waals surface area contributed by atoms with Gasteiger partial charge in [0.15, 0.2) is 0 Å². The van der Waals surface area contributed by atoms with Gasteiger partial charge in [-0.2, -0.15) is 0 Å². The Balaban J connectivity index is 2.82. The number of amides is 1. The van der Waals surface area contributed by atoms with Gasteiger partial charge in [0.2, 0.25) is 5.91 Å². The van der Waals surface area contributed by atoms with E-state index in [9.17, 15) is 4.79 Å². The van der Waals surface area contributed by atoms with Crippen molar-refractivity contribution < 1.29 is 4.79 Å². The fraction of sp³-hybridized carbons (Fsp3) is 0.667. The molecule has 0 rings (SSSR count). The highest BCUT2D eigenvalue weighted by atomic mass is 33.1. The highest BCUT2D eigenvalue weighted by Crippen LogP contribution is 2.04. The second-order valence-electron chi connectivity index (χ2n) is 1.05. The second-order valence-corrected chi connectivity index (χ2v) is 2.49. The molecule has 0 radical (unpaired) electrons. The molecule has 4 heteroatoms. The van der Waals surface area contributed by atoms with E-state index in [-0.39, 0.29) is 5.91 Å². The monoisotopic (exact) mass is 137 g/mol. The summed E-state index contributed by atoms with van der Waals surface area (Å²) in [4.78, 5) is 9.93. The second kappa shape index (κ2) is 4.33. The summed E-state index contributed by atoms with van der Waals surface area (Å²) in [7, 11) is 1.32. The molecule has 7 heavy (non-hydrogen) atoms. The van der Waals surface area contributed by atoms with Crippen molar-refractivity contribution in [1.29, 1.82) is 0 Å². The van der Waals surface area contributed by atoms with Gasteiger partial charge in [-0.05, 0) is 0 Å². The lowest BCUT2D eigenvalue weighted by Gasteiger charge is -1.86. The van der Waals surface area contributed by atoms with Gasteiger partial charge >= 0.3 is 0 Å². The third-order valence-corrected chi connectivity index (χ3v) is 1.37. The lowest BCUT2D eigenvalue weighted by molar-refractivity contribution is -0.117. The van der Waals surface area contributed by atoms with Gasteiger partial charge in [0.05, 0.1) is 0 Å². The summed E-state index contributed by atoms with van der Waals surface area (Å²) in [5.74, 6) is 0.444. The zero-order chi connectivity index (χ0) is 5.70. The van der Waals surface area contributed by atoms with E-state index in [4.69, 9.17) is 5.73 Å². The summed E-state index contributed by atoms with van der Waals surface area (Å²) in [5.41, 5.74) is 4.79. The van der Waals surface area contributed by atoms with Crippen LogP contribution in [-0.2, 0) is 4.79 Å². The first kappa shape index (κ1) is 7.17. The fourth-order valence-corrected chi connectivity index (χ4v) is 0.713. The fourth-order valence-electron chi connectivity index (χ4n) is 0.146. The molecule has 0 fully saturated rings. The highest BCUT2D eigenvalue weighted by Gasteiger charge is 1.89. The number of hydrogen-bond acceptors (Lipinski definition) is 3. The van der Waals surface area contributed by atoms with Crippen molar-refractivity contribution in [2.75, 3.05) is 5.75 Å².